The van der Waals surface area contributed by atoms with Crippen LogP contribution >= 0.6 is 0 Å². The fourth-order valence-corrected chi connectivity index (χ4v) is 3.26. The highest BCUT2D eigenvalue weighted by atomic mass is 16.4. The van der Waals surface area contributed by atoms with Gasteiger partial charge in [-0.15, -0.1) is 0 Å². The lowest BCUT2D eigenvalue weighted by Crippen LogP contribution is -2.53. The lowest BCUT2D eigenvalue weighted by atomic mass is 9.96. The third-order valence-corrected chi connectivity index (χ3v) is 4.76. The number of nitrogens with zero attached hydrogens (tertiary/aromatic N) is 1. The molecular weight excluding hydrogens is 332 g/mol. The SMILES string of the molecule is CC1(C(=O)Nc2cccc(C(=O)O)c2)CCCN1C(=O)c1ccccc1. The number of benzene rings is 2. The Morgan fingerprint density at radius 1 is 1.04 bits per heavy atom. The summed E-state index contributed by atoms with van der Waals surface area (Å²) in [6.07, 6.45) is 1.29. The zero-order valence-corrected chi connectivity index (χ0v) is 14.4. The van der Waals surface area contributed by atoms with Gasteiger partial charge in [-0.2, -0.15) is 0 Å². The van der Waals surface area contributed by atoms with Crippen LogP contribution in [0.1, 0.15) is 40.5 Å². The van der Waals surface area contributed by atoms with E-state index in [1.165, 1.54) is 12.1 Å². The van der Waals surface area contributed by atoms with Crippen LogP contribution in [0.5, 0.6) is 0 Å². The van der Waals surface area contributed by atoms with Crippen molar-refractivity contribution in [1.29, 1.82) is 0 Å². The third kappa shape index (κ3) is 3.31. The smallest absolute Gasteiger partial charge is 0.335 e. The fraction of sp³-hybridized carbons (Fsp3) is 0.250. The number of carbonyl (C=O) groups excluding carboxylic acids is 2. The molecule has 1 heterocycles. The van der Waals surface area contributed by atoms with Crippen molar-refractivity contribution >= 4 is 23.5 Å². The zero-order valence-electron chi connectivity index (χ0n) is 14.4. The summed E-state index contributed by atoms with van der Waals surface area (Å²) in [5, 5.41) is 11.8. The van der Waals surface area contributed by atoms with Gasteiger partial charge >= 0.3 is 5.97 Å². The van der Waals surface area contributed by atoms with Crippen molar-refractivity contribution in [2.24, 2.45) is 0 Å². The van der Waals surface area contributed by atoms with E-state index in [4.69, 9.17) is 5.11 Å². The van der Waals surface area contributed by atoms with E-state index >= 15 is 0 Å². The molecule has 3 rings (SSSR count). The zero-order chi connectivity index (χ0) is 18.7. The lowest BCUT2D eigenvalue weighted by molar-refractivity contribution is -0.124. The second-order valence-corrected chi connectivity index (χ2v) is 6.54. The van der Waals surface area contributed by atoms with Crippen LogP contribution in [-0.4, -0.2) is 39.9 Å². The Hall–Kier alpha value is -3.15. The Balaban J connectivity index is 1.82. The first-order valence-corrected chi connectivity index (χ1v) is 8.44. The van der Waals surface area contributed by atoms with Crippen molar-refractivity contribution < 1.29 is 19.5 Å². The molecule has 1 unspecified atom stereocenters. The normalized spacial score (nSPS) is 19.2. The van der Waals surface area contributed by atoms with Gasteiger partial charge in [-0.05, 0) is 50.1 Å². The summed E-state index contributed by atoms with van der Waals surface area (Å²) in [4.78, 5) is 38.4. The Morgan fingerprint density at radius 2 is 1.73 bits per heavy atom. The Kier molecular flexibility index (Phi) is 4.75. The van der Waals surface area contributed by atoms with Crippen molar-refractivity contribution in [1.82, 2.24) is 4.90 Å². The number of hydrogen-bond acceptors (Lipinski definition) is 3. The summed E-state index contributed by atoms with van der Waals surface area (Å²) >= 11 is 0. The highest BCUT2D eigenvalue weighted by Gasteiger charge is 2.45. The molecule has 0 bridgehead atoms. The maximum atomic E-state index is 12.9. The summed E-state index contributed by atoms with van der Waals surface area (Å²) < 4.78 is 0. The quantitative estimate of drug-likeness (QED) is 0.885. The van der Waals surface area contributed by atoms with Crippen LogP contribution in [0.4, 0.5) is 5.69 Å². The van der Waals surface area contributed by atoms with E-state index in [1.54, 1.807) is 48.2 Å². The monoisotopic (exact) mass is 352 g/mol. The molecular formula is C20H20N2O4. The molecule has 0 radical (unpaired) electrons. The maximum absolute atomic E-state index is 12.9. The summed E-state index contributed by atoms with van der Waals surface area (Å²) in [5.41, 5.74) is 0.0552. The molecule has 2 amide bonds. The number of carboxylic acid groups (broad SMARTS) is 1. The minimum absolute atomic E-state index is 0.0941. The summed E-state index contributed by atoms with van der Waals surface area (Å²) in [6.45, 7) is 2.25. The van der Waals surface area contributed by atoms with Gasteiger partial charge in [0.2, 0.25) is 5.91 Å². The van der Waals surface area contributed by atoms with Crippen LogP contribution in [0.3, 0.4) is 0 Å². The van der Waals surface area contributed by atoms with Gasteiger partial charge in [-0.3, -0.25) is 9.59 Å². The van der Waals surface area contributed by atoms with Crippen molar-refractivity contribution in [3.8, 4) is 0 Å². The molecule has 6 heteroatoms. The van der Waals surface area contributed by atoms with Crippen molar-refractivity contribution in [2.75, 3.05) is 11.9 Å². The number of likely N-dealkylation sites (tertiary alicyclic amines) is 1. The number of rotatable bonds is 4. The summed E-state index contributed by atoms with van der Waals surface area (Å²) in [7, 11) is 0. The average molecular weight is 352 g/mol. The van der Waals surface area contributed by atoms with E-state index in [-0.39, 0.29) is 17.4 Å². The standard InChI is InChI=1S/C20H20N2O4/c1-20(19(26)21-16-10-5-9-15(13-16)18(24)25)11-6-12-22(20)17(23)14-7-3-2-4-8-14/h2-5,7-10,13H,6,11-12H2,1H3,(H,21,26)(H,24,25). The van der Waals surface area contributed by atoms with Gasteiger partial charge in [0, 0.05) is 17.8 Å². The van der Waals surface area contributed by atoms with E-state index < -0.39 is 11.5 Å². The number of carbonyl (C=O) groups is 3. The molecule has 2 aromatic carbocycles. The van der Waals surface area contributed by atoms with Crippen LogP contribution in [0.25, 0.3) is 0 Å². The van der Waals surface area contributed by atoms with Crippen LogP contribution in [0.15, 0.2) is 54.6 Å². The van der Waals surface area contributed by atoms with E-state index in [0.29, 0.717) is 24.2 Å². The molecule has 26 heavy (non-hydrogen) atoms. The first-order valence-electron chi connectivity index (χ1n) is 8.44. The third-order valence-electron chi connectivity index (χ3n) is 4.76. The van der Waals surface area contributed by atoms with Crippen LogP contribution in [0.2, 0.25) is 0 Å². The van der Waals surface area contributed by atoms with E-state index in [0.717, 1.165) is 6.42 Å². The number of aromatic carboxylic acids is 1. The highest BCUT2D eigenvalue weighted by molar-refractivity contribution is 6.04. The predicted octanol–water partition coefficient (Wildman–Crippen LogP) is 3.02. The van der Waals surface area contributed by atoms with Crippen LogP contribution in [0, 0.1) is 0 Å². The summed E-state index contributed by atoms with van der Waals surface area (Å²) in [6, 6.07) is 14.9. The number of carboxylic acids is 1. The molecule has 1 fully saturated rings. The largest absolute Gasteiger partial charge is 0.478 e. The fourth-order valence-electron chi connectivity index (χ4n) is 3.26. The molecule has 0 aliphatic carbocycles. The van der Waals surface area contributed by atoms with Crippen LogP contribution < -0.4 is 5.32 Å². The van der Waals surface area contributed by atoms with Gasteiger partial charge < -0.3 is 15.3 Å². The molecule has 0 aromatic heterocycles. The second-order valence-electron chi connectivity index (χ2n) is 6.54. The number of nitrogens with one attached hydrogen (secondary N) is 1. The van der Waals surface area contributed by atoms with E-state index in [1.807, 2.05) is 6.07 Å². The maximum Gasteiger partial charge on any atom is 0.335 e. The van der Waals surface area contributed by atoms with Crippen molar-refractivity contribution in [3.63, 3.8) is 0 Å². The molecule has 134 valence electrons. The molecule has 2 N–H and O–H groups in total. The Bertz CT molecular complexity index is 850. The van der Waals surface area contributed by atoms with Crippen molar-refractivity contribution in [2.45, 2.75) is 25.3 Å². The average Bonchev–Trinajstić information content (AvgIpc) is 3.05. The van der Waals surface area contributed by atoms with Gasteiger partial charge in [0.25, 0.3) is 5.91 Å². The van der Waals surface area contributed by atoms with Gasteiger partial charge in [0.1, 0.15) is 5.54 Å². The number of amides is 2. The first kappa shape index (κ1) is 17.7. The second kappa shape index (κ2) is 7.00. The minimum Gasteiger partial charge on any atom is -0.478 e. The lowest BCUT2D eigenvalue weighted by Gasteiger charge is -2.34. The molecule has 1 saturated heterocycles. The van der Waals surface area contributed by atoms with Crippen molar-refractivity contribution in [3.05, 3.63) is 65.7 Å². The highest BCUT2D eigenvalue weighted by Crippen LogP contribution is 2.32. The molecule has 1 aliphatic heterocycles. The molecule has 2 aromatic rings. The van der Waals surface area contributed by atoms with Crippen LogP contribution in [-0.2, 0) is 4.79 Å². The Morgan fingerprint density at radius 3 is 2.42 bits per heavy atom. The molecule has 6 nitrogen and oxygen atoms in total. The molecule has 1 aliphatic rings. The predicted molar refractivity (Wildman–Crippen MR) is 97.1 cm³/mol. The Labute approximate surface area is 151 Å². The summed E-state index contributed by atoms with van der Waals surface area (Å²) in [5.74, 6) is -1.56. The van der Waals surface area contributed by atoms with E-state index in [9.17, 15) is 14.4 Å². The number of hydrogen-bond donors (Lipinski definition) is 2. The topological polar surface area (TPSA) is 86.7 Å². The molecule has 0 spiro atoms. The van der Waals surface area contributed by atoms with Gasteiger partial charge in [-0.1, -0.05) is 24.3 Å². The van der Waals surface area contributed by atoms with Gasteiger partial charge in [-0.25, -0.2) is 4.79 Å². The molecule has 1 atom stereocenters. The van der Waals surface area contributed by atoms with Gasteiger partial charge in [0.15, 0.2) is 0 Å². The van der Waals surface area contributed by atoms with E-state index in [2.05, 4.69) is 5.32 Å². The van der Waals surface area contributed by atoms with Gasteiger partial charge in [0.05, 0.1) is 5.56 Å². The molecule has 0 saturated carbocycles. The number of anilines is 1. The minimum atomic E-state index is -1.06. The first-order chi connectivity index (χ1) is 12.4.